The predicted molar refractivity (Wildman–Crippen MR) is 102 cm³/mol. The Hall–Kier alpha value is -1.95. The number of hydrogen-bond acceptors (Lipinski definition) is 3. The molecule has 134 valence electrons. The Labute approximate surface area is 153 Å². The summed E-state index contributed by atoms with van der Waals surface area (Å²) in [7, 11) is 0. The van der Waals surface area contributed by atoms with Gasteiger partial charge in [0.05, 0.1) is 0 Å². The topological polar surface area (TPSA) is 62.7 Å². The molecule has 0 unspecified atom stereocenters. The maximum atomic E-state index is 12.6. The number of carbonyl (C=O) groups is 1. The van der Waals surface area contributed by atoms with Crippen LogP contribution in [-0.4, -0.2) is 26.7 Å². The molecule has 1 aromatic carbocycles. The normalized spacial score (nSPS) is 16.2. The molecule has 3 rings (SSSR count). The van der Waals surface area contributed by atoms with Gasteiger partial charge in [0.2, 0.25) is 5.91 Å². The van der Waals surface area contributed by atoms with Crippen molar-refractivity contribution in [2.75, 3.05) is 0 Å². The fraction of sp³-hybridized carbons (Fsp3) is 0.526. The van der Waals surface area contributed by atoms with Crippen molar-refractivity contribution in [3.63, 3.8) is 0 Å². The van der Waals surface area contributed by atoms with E-state index >= 15 is 0 Å². The molecule has 5 nitrogen and oxygen atoms in total. The highest BCUT2D eigenvalue weighted by Crippen LogP contribution is 2.19. The standard InChI is InChI=1S/C19H26N4OS/c1-14-8-7-9-15(12-14)18-21-22-19(25)23(18)13-17(24)20-16-10-5-3-2-4-6-11-16/h7-9,12,16H,2-6,10-11,13H2,1H3,(H,20,24)(H,22,25). The summed E-state index contributed by atoms with van der Waals surface area (Å²) < 4.78 is 2.26. The third-order valence-corrected chi connectivity index (χ3v) is 5.12. The van der Waals surface area contributed by atoms with Crippen LogP contribution in [0.5, 0.6) is 0 Å². The van der Waals surface area contributed by atoms with Gasteiger partial charge in [-0.3, -0.25) is 14.5 Å². The maximum Gasteiger partial charge on any atom is 0.240 e. The van der Waals surface area contributed by atoms with Crippen LogP contribution in [0.4, 0.5) is 0 Å². The molecule has 0 saturated heterocycles. The number of aromatic nitrogens is 3. The minimum absolute atomic E-state index is 0.0111. The van der Waals surface area contributed by atoms with Crippen molar-refractivity contribution in [3.05, 3.63) is 34.6 Å². The van der Waals surface area contributed by atoms with Gasteiger partial charge in [0.15, 0.2) is 10.6 Å². The average molecular weight is 359 g/mol. The summed E-state index contributed by atoms with van der Waals surface area (Å²) in [6.07, 6.45) is 8.42. The minimum Gasteiger partial charge on any atom is -0.352 e. The Morgan fingerprint density at radius 1 is 1.28 bits per heavy atom. The summed E-state index contributed by atoms with van der Waals surface area (Å²) in [5.74, 6) is 0.721. The molecule has 1 aliphatic rings. The molecule has 6 heteroatoms. The molecule has 2 aromatic rings. The second kappa shape index (κ2) is 8.43. The van der Waals surface area contributed by atoms with Gasteiger partial charge in [0.25, 0.3) is 0 Å². The van der Waals surface area contributed by atoms with E-state index in [1.54, 1.807) is 4.57 Å². The summed E-state index contributed by atoms with van der Waals surface area (Å²) in [4.78, 5) is 12.6. The molecule has 0 aliphatic heterocycles. The van der Waals surface area contributed by atoms with E-state index < -0.39 is 0 Å². The zero-order valence-electron chi connectivity index (χ0n) is 14.8. The molecular formula is C19H26N4OS. The molecule has 0 spiro atoms. The number of H-pyrrole nitrogens is 1. The van der Waals surface area contributed by atoms with Crippen molar-refractivity contribution in [2.24, 2.45) is 0 Å². The molecule has 1 aromatic heterocycles. The van der Waals surface area contributed by atoms with Crippen molar-refractivity contribution in [3.8, 4) is 11.4 Å². The highest BCUT2D eigenvalue weighted by Gasteiger charge is 2.17. The zero-order valence-corrected chi connectivity index (χ0v) is 15.6. The van der Waals surface area contributed by atoms with Crippen molar-refractivity contribution >= 4 is 18.1 Å². The molecule has 1 amide bonds. The first kappa shape index (κ1) is 17.9. The van der Waals surface area contributed by atoms with Gasteiger partial charge < -0.3 is 5.32 Å². The van der Waals surface area contributed by atoms with E-state index in [1.807, 2.05) is 31.2 Å². The number of rotatable bonds is 4. The number of aromatic amines is 1. The van der Waals surface area contributed by atoms with E-state index in [4.69, 9.17) is 12.2 Å². The van der Waals surface area contributed by atoms with E-state index in [-0.39, 0.29) is 18.5 Å². The zero-order chi connectivity index (χ0) is 17.6. The lowest BCUT2D eigenvalue weighted by atomic mass is 9.97. The lowest BCUT2D eigenvalue weighted by molar-refractivity contribution is -0.122. The molecule has 25 heavy (non-hydrogen) atoms. The summed E-state index contributed by atoms with van der Waals surface area (Å²) in [6, 6.07) is 8.35. The first-order valence-corrected chi connectivity index (χ1v) is 9.56. The van der Waals surface area contributed by atoms with E-state index in [9.17, 15) is 4.79 Å². The van der Waals surface area contributed by atoms with Crippen molar-refractivity contribution in [1.29, 1.82) is 0 Å². The Kier molecular flexibility index (Phi) is 6.02. The van der Waals surface area contributed by atoms with Gasteiger partial charge in [-0.05, 0) is 38.0 Å². The highest BCUT2D eigenvalue weighted by molar-refractivity contribution is 7.71. The van der Waals surface area contributed by atoms with Crippen molar-refractivity contribution in [1.82, 2.24) is 20.1 Å². The highest BCUT2D eigenvalue weighted by atomic mass is 32.1. The molecule has 0 bridgehead atoms. The summed E-state index contributed by atoms with van der Waals surface area (Å²) in [6.45, 7) is 2.24. The van der Waals surface area contributed by atoms with Gasteiger partial charge >= 0.3 is 0 Å². The van der Waals surface area contributed by atoms with Crippen LogP contribution in [-0.2, 0) is 11.3 Å². The van der Waals surface area contributed by atoms with Crippen LogP contribution in [0.3, 0.4) is 0 Å². The van der Waals surface area contributed by atoms with Crippen LogP contribution in [0.25, 0.3) is 11.4 Å². The molecule has 0 atom stereocenters. The fourth-order valence-electron chi connectivity index (χ4n) is 3.49. The number of carbonyl (C=O) groups excluding carboxylic acids is 1. The molecule has 0 radical (unpaired) electrons. The van der Waals surface area contributed by atoms with E-state index in [0.29, 0.717) is 10.6 Å². The summed E-state index contributed by atoms with van der Waals surface area (Å²) in [5, 5.41) is 10.3. The predicted octanol–water partition coefficient (Wildman–Crippen LogP) is 4.15. The van der Waals surface area contributed by atoms with Gasteiger partial charge in [-0.2, -0.15) is 5.10 Å². The van der Waals surface area contributed by atoms with E-state index in [1.165, 1.54) is 32.1 Å². The Morgan fingerprint density at radius 3 is 2.72 bits per heavy atom. The Bertz CT molecular complexity index is 772. The quantitative estimate of drug-likeness (QED) is 0.807. The van der Waals surface area contributed by atoms with Crippen LogP contribution >= 0.6 is 12.2 Å². The molecule has 2 N–H and O–H groups in total. The van der Waals surface area contributed by atoms with Crippen LogP contribution in [0.15, 0.2) is 24.3 Å². The fourth-order valence-corrected chi connectivity index (χ4v) is 3.68. The van der Waals surface area contributed by atoms with Gasteiger partial charge in [-0.15, -0.1) is 0 Å². The monoisotopic (exact) mass is 358 g/mol. The number of amides is 1. The molecule has 1 aliphatic carbocycles. The Balaban J connectivity index is 1.71. The number of hydrogen-bond donors (Lipinski definition) is 2. The summed E-state index contributed by atoms with van der Waals surface area (Å²) >= 11 is 5.33. The first-order valence-electron chi connectivity index (χ1n) is 9.15. The third-order valence-electron chi connectivity index (χ3n) is 4.81. The minimum atomic E-state index is 0.0111. The molecular weight excluding hydrogens is 332 g/mol. The number of aryl methyl sites for hydroxylation is 1. The van der Waals surface area contributed by atoms with Crippen molar-refractivity contribution in [2.45, 2.75) is 64.5 Å². The lowest BCUT2D eigenvalue weighted by Crippen LogP contribution is -2.37. The van der Waals surface area contributed by atoms with Gasteiger partial charge in [0.1, 0.15) is 6.54 Å². The van der Waals surface area contributed by atoms with Gasteiger partial charge in [-0.25, -0.2) is 0 Å². The number of nitrogens with zero attached hydrogens (tertiary/aromatic N) is 2. The van der Waals surface area contributed by atoms with Crippen LogP contribution in [0.1, 0.15) is 50.5 Å². The smallest absolute Gasteiger partial charge is 0.240 e. The van der Waals surface area contributed by atoms with Gasteiger partial charge in [-0.1, -0.05) is 55.9 Å². The number of benzene rings is 1. The average Bonchev–Trinajstić information content (AvgIpc) is 2.91. The largest absolute Gasteiger partial charge is 0.352 e. The van der Waals surface area contributed by atoms with Crippen LogP contribution in [0, 0.1) is 11.7 Å². The maximum absolute atomic E-state index is 12.6. The number of nitrogens with one attached hydrogen (secondary N) is 2. The third kappa shape index (κ3) is 4.78. The molecule has 1 saturated carbocycles. The summed E-state index contributed by atoms with van der Waals surface area (Å²) in [5.41, 5.74) is 2.11. The van der Waals surface area contributed by atoms with Crippen LogP contribution in [0.2, 0.25) is 0 Å². The SMILES string of the molecule is Cc1cccc(-c2n[nH]c(=S)n2CC(=O)NC2CCCCCCC2)c1. The van der Waals surface area contributed by atoms with E-state index in [2.05, 4.69) is 15.5 Å². The van der Waals surface area contributed by atoms with Crippen LogP contribution < -0.4 is 5.32 Å². The first-order chi connectivity index (χ1) is 12.1. The Morgan fingerprint density at radius 2 is 2.00 bits per heavy atom. The molecule has 1 heterocycles. The van der Waals surface area contributed by atoms with Crippen molar-refractivity contribution < 1.29 is 4.79 Å². The van der Waals surface area contributed by atoms with E-state index in [0.717, 1.165) is 24.0 Å². The second-order valence-electron chi connectivity index (χ2n) is 6.92. The van der Waals surface area contributed by atoms with Gasteiger partial charge in [0, 0.05) is 11.6 Å². The second-order valence-corrected chi connectivity index (χ2v) is 7.30. The lowest BCUT2D eigenvalue weighted by Gasteiger charge is -2.21. The molecule has 1 fully saturated rings.